The summed E-state index contributed by atoms with van der Waals surface area (Å²) >= 11 is 0. The van der Waals surface area contributed by atoms with Crippen molar-refractivity contribution in [3.63, 3.8) is 0 Å². The predicted molar refractivity (Wildman–Crippen MR) is 62.5 cm³/mol. The lowest BCUT2D eigenvalue weighted by Gasteiger charge is -2.30. The molecule has 0 radical (unpaired) electrons. The van der Waals surface area contributed by atoms with E-state index in [-0.39, 0.29) is 17.7 Å². The lowest BCUT2D eigenvalue weighted by Crippen LogP contribution is -2.48. The second kappa shape index (κ2) is 5.04. The third-order valence-electron chi connectivity index (χ3n) is 3.88. The molecular formula is C12H20N2O3. The number of carboxylic acid groups (broad SMARTS) is 1. The molecule has 2 fully saturated rings. The summed E-state index contributed by atoms with van der Waals surface area (Å²) < 4.78 is 0. The number of hydrogen-bond donors (Lipinski definition) is 2. The van der Waals surface area contributed by atoms with Gasteiger partial charge in [-0.2, -0.15) is 0 Å². The Balaban J connectivity index is 2.05. The van der Waals surface area contributed by atoms with Crippen LogP contribution >= 0.6 is 0 Å². The quantitative estimate of drug-likeness (QED) is 0.728. The van der Waals surface area contributed by atoms with Crippen molar-refractivity contribution in [3.05, 3.63) is 0 Å². The van der Waals surface area contributed by atoms with Crippen molar-refractivity contribution in [2.75, 3.05) is 19.6 Å². The molecule has 0 spiro atoms. The zero-order valence-electron chi connectivity index (χ0n) is 10.2. The highest BCUT2D eigenvalue weighted by Crippen LogP contribution is 2.27. The Kier molecular flexibility index (Phi) is 3.66. The maximum Gasteiger partial charge on any atom is 0.326 e. The second-order valence-electron chi connectivity index (χ2n) is 5.12. The van der Waals surface area contributed by atoms with Crippen LogP contribution in [0.3, 0.4) is 0 Å². The largest absolute Gasteiger partial charge is 0.480 e. The topological polar surface area (TPSA) is 69.6 Å². The number of carbonyl (C=O) groups is 2. The van der Waals surface area contributed by atoms with Crippen LogP contribution in [0, 0.1) is 11.8 Å². The van der Waals surface area contributed by atoms with Crippen molar-refractivity contribution in [2.45, 2.75) is 32.2 Å². The van der Waals surface area contributed by atoms with E-state index in [0.717, 1.165) is 25.8 Å². The lowest BCUT2D eigenvalue weighted by atomic mass is 9.97. The minimum absolute atomic E-state index is 0.0222. The van der Waals surface area contributed by atoms with Crippen molar-refractivity contribution in [2.24, 2.45) is 11.8 Å². The van der Waals surface area contributed by atoms with Gasteiger partial charge in [0.25, 0.3) is 0 Å². The maximum atomic E-state index is 12.3. The molecule has 5 heteroatoms. The van der Waals surface area contributed by atoms with Crippen LogP contribution < -0.4 is 5.32 Å². The number of amides is 1. The van der Waals surface area contributed by atoms with E-state index >= 15 is 0 Å². The Morgan fingerprint density at radius 2 is 2.12 bits per heavy atom. The van der Waals surface area contributed by atoms with E-state index in [9.17, 15) is 14.7 Å². The molecule has 2 rings (SSSR count). The SMILES string of the molecule is CC1CCN(C(=O)[C@H]2CCCNC2)C1C(=O)O. The summed E-state index contributed by atoms with van der Waals surface area (Å²) in [7, 11) is 0. The van der Waals surface area contributed by atoms with E-state index in [1.165, 1.54) is 0 Å². The van der Waals surface area contributed by atoms with Gasteiger partial charge in [0.1, 0.15) is 6.04 Å². The average Bonchev–Trinajstić information content (AvgIpc) is 2.71. The smallest absolute Gasteiger partial charge is 0.326 e. The summed E-state index contributed by atoms with van der Waals surface area (Å²) in [5.41, 5.74) is 0. The van der Waals surface area contributed by atoms with Gasteiger partial charge >= 0.3 is 5.97 Å². The third kappa shape index (κ3) is 2.44. The van der Waals surface area contributed by atoms with Crippen molar-refractivity contribution in [1.82, 2.24) is 10.2 Å². The van der Waals surface area contributed by atoms with Crippen LogP contribution in [0.1, 0.15) is 26.2 Å². The summed E-state index contributed by atoms with van der Waals surface area (Å²) in [4.78, 5) is 25.1. The number of piperidine rings is 1. The standard InChI is InChI=1S/C12H20N2O3/c1-8-4-6-14(10(8)12(16)17)11(15)9-3-2-5-13-7-9/h8-10,13H,2-7H2,1H3,(H,16,17)/t8?,9-,10?/m0/s1. The van der Waals surface area contributed by atoms with Crippen LogP contribution in [0.2, 0.25) is 0 Å². The van der Waals surface area contributed by atoms with Crippen LogP contribution in [-0.2, 0) is 9.59 Å². The Hall–Kier alpha value is -1.10. The summed E-state index contributed by atoms with van der Waals surface area (Å²) in [6, 6.07) is -0.621. The molecule has 0 aromatic rings. The van der Waals surface area contributed by atoms with Gasteiger partial charge in [0, 0.05) is 13.1 Å². The summed E-state index contributed by atoms with van der Waals surface area (Å²) in [5, 5.41) is 12.4. The minimum atomic E-state index is -0.868. The summed E-state index contributed by atoms with van der Waals surface area (Å²) in [6.07, 6.45) is 2.67. The Labute approximate surface area is 101 Å². The number of aliphatic carboxylic acids is 1. The number of carboxylic acids is 1. The summed E-state index contributed by atoms with van der Waals surface area (Å²) in [5.74, 6) is -0.815. The molecule has 17 heavy (non-hydrogen) atoms. The van der Waals surface area contributed by atoms with Crippen LogP contribution in [0.15, 0.2) is 0 Å². The molecule has 2 heterocycles. The van der Waals surface area contributed by atoms with E-state index in [1.807, 2.05) is 6.92 Å². The lowest BCUT2D eigenvalue weighted by molar-refractivity contribution is -0.151. The van der Waals surface area contributed by atoms with Crippen molar-refractivity contribution in [1.29, 1.82) is 0 Å². The first-order valence-corrected chi connectivity index (χ1v) is 6.35. The zero-order chi connectivity index (χ0) is 12.4. The molecule has 0 bridgehead atoms. The molecule has 2 unspecified atom stereocenters. The zero-order valence-corrected chi connectivity index (χ0v) is 10.2. The van der Waals surface area contributed by atoms with Crippen LogP contribution in [0.4, 0.5) is 0 Å². The van der Waals surface area contributed by atoms with Crippen molar-refractivity contribution in [3.8, 4) is 0 Å². The van der Waals surface area contributed by atoms with Crippen LogP contribution in [-0.4, -0.2) is 47.6 Å². The van der Waals surface area contributed by atoms with Gasteiger partial charge in [-0.25, -0.2) is 4.79 Å². The molecule has 0 aliphatic carbocycles. The second-order valence-corrected chi connectivity index (χ2v) is 5.12. The number of nitrogens with zero attached hydrogens (tertiary/aromatic N) is 1. The fourth-order valence-electron chi connectivity index (χ4n) is 2.87. The van der Waals surface area contributed by atoms with Gasteiger partial charge in [0.15, 0.2) is 0 Å². The molecule has 2 N–H and O–H groups in total. The number of nitrogens with one attached hydrogen (secondary N) is 1. The first kappa shape index (κ1) is 12.4. The summed E-state index contributed by atoms with van der Waals surface area (Å²) in [6.45, 7) is 4.15. The first-order valence-electron chi connectivity index (χ1n) is 6.35. The number of likely N-dealkylation sites (tertiary alicyclic amines) is 1. The predicted octanol–water partition coefficient (Wildman–Crippen LogP) is 0.308. The van der Waals surface area contributed by atoms with E-state index in [0.29, 0.717) is 13.1 Å². The third-order valence-corrected chi connectivity index (χ3v) is 3.88. The van der Waals surface area contributed by atoms with Crippen LogP contribution in [0.5, 0.6) is 0 Å². The molecule has 1 amide bonds. The molecular weight excluding hydrogens is 220 g/mol. The molecule has 96 valence electrons. The van der Waals surface area contributed by atoms with Gasteiger partial charge < -0.3 is 15.3 Å². The van der Waals surface area contributed by atoms with E-state index < -0.39 is 12.0 Å². The molecule has 2 saturated heterocycles. The Morgan fingerprint density at radius 1 is 1.35 bits per heavy atom. The fraction of sp³-hybridized carbons (Fsp3) is 0.833. The Bertz CT molecular complexity index is 313. The highest BCUT2D eigenvalue weighted by atomic mass is 16.4. The normalized spacial score (nSPS) is 33.7. The minimum Gasteiger partial charge on any atom is -0.480 e. The Morgan fingerprint density at radius 3 is 2.71 bits per heavy atom. The molecule has 5 nitrogen and oxygen atoms in total. The van der Waals surface area contributed by atoms with E-state index in [2.05, 4.69) is 5.32 Å². The highest BCUT2D eigenvalue weighted by molar-refractivity contribution is 5.86. The average molecular weight is 240 g/mol. The van der Waals surface area contributed by atoms with Gasteiger partial charge in [-0.3, -0.25) is 4.79 Å². The number of carbonyl (C=O) groups excluding carboxylic acids is 1. The maximum absolute atomic E-state index is 12.3. The number of hydrogen-bond acceptors (Lipinski definition) is 3. The number of rotatable bonds is 2. The molecule has 3 atom stereocenters. The molecule has 0 aromatic carbocycles. The first-order chi connectivity index (χ1) is 8.11. The van der Waals surface area contributed by atoms with E-state index in [1.54, 1.807) is 4.90 Å². The van der Waals surface area contributed by atoms with Gasteiger partial charge in [-0.05, 0) is 31.7 Å². The molecule has 0 saturated carbocycles. The van der Waals surface area contributed by atoms with Gasteiger partial charge in [-0.15, -0.1) is 0 Å². The molecule has 0 aromatic heterocycles. The van der Waals surface area contributed by atoms with Gasteiger partial charge in [0.2, 0.25) is 5.91 Å². The van der Waals surface area contributed by atoms with Crippen LogP contribution in [0.25, 0.3) is 0 Å². The molecule has 2 aliphatic heterocycles. The highest BCUT2D eigenvalue weighted by Gasteiger charge is 2.41. The fourth-order valence-corrected chi connectivity index (χ4v) is 2.87. The monoisotopic (exact) mass is 240 g/mol. The van der Waals surface area contributed by atoms with E-state index in [4.69, 9.17) is 0 Å². The van der Waals surface area contributed by atoms with Crippen molar-refractivity contribution >= 4 is 11.9 Å². The van der Waals surface area contributed by atoms with Crippen molar-refractivity contribution < 1.29 is 14.7 Å². The van der Waals surface area contributed by atoms with Gasteiger partial charge in [0.05, 0.1) is 5.92 Å². The van der Waals surface area contributed by atoms with Gasteiger partial charge in [-0.1, -0.05) is 6.92 Å². The molecule has 2 aliphatic rings.